The Morgan fingerprint density at radius 3 is 2.76 bits per heavy atom. The average Bonchev–Trinajstić information content (AvgIpc) is 2.83. The topological polar surface area (TPSA) is 69.2 Å². The third-order valence-corrected chi connectivity index (χ3v) is 4.50. The first kappa shape index (κ1) is 16.0. The molecule has 0 saturated carbocycles. The summed E-state index contributed by atoms with van der Waals surface area (Å²) in [5, 5.41) is 16.4. The lowest BCUT2D eigenvalue weighted by molar-refractivity contribution is -0.138. The van der Waals surface area contributed by atoms with Crippen LogP contribution in [0.4, 0.5) is 0 Å². The van der Waals surface area contributed by atoms with Gasteiger partial charge in [-0.25, -0.2) is 0 Å². The van der Waals surface area contributed by atoms with Crippen molar-refractivity contribution in [3.8, 4) is 0 Å². The molecule has 1 unspecified atom stereocenters. The summed E-state index contributed by atoms with van der Waals surface area (Å²) in [7, 11) is 0. The predicted octanol–water partition coefficient (Wildman–Crippen LogP) is 2.64. The van der Waals surface area contributed by atoms with Crippen LogP contribution in [-0.2, 0) is 16.8 Å². The van der Waals surface area contributed by atoms with E-state index in [4.69, 9.17) is 5.11 Å². The fraction of sp³-hybridized carbons (Fsp3) is 0.750. The minimum Gasteiger partial charge on any atom is -0.481 e. The van der Waals surface area contributed by atoms with Crippen molar-refractivity contribution in [1.82, 2.24) is 15.1 Å². The largest absolute Gasteiger partial charge is 0.481 e. The predicted molar refractivity (Wildman–Crippen MR) is 82.1 cm³/mol. The average molecular weight is 293 g/mol. The number of rotatable bonds is 4. The Bertz CT molecular complexity index is 514. The zero-order valence-electron chi connectivity index (χ0n) is 13.7. The van der Waals surface area contributed by atoms with E-state index < -0.39 is 5.97 Å². The highest BCUT2D eigenvalue weighted by Crippen LogP contribution is 2.38. The highest BCUT2D eigenvalue weighted by Gasteiger charge is 2.40. The van der Waals surface area contributed by atoms with Crippen LogP contribution >= 0.6 is 0 Å². The summed E-state index contributed by atoms with van der Waals surface area (Å²) >= 11 is 0. The van der Waals surface area contributed by atoms with Crippen molar-refractivity contribution in [3.05, 3.63) is 17.5 Å². The van der Waals surface area contributed by atoms with Gasteiger partial charge in [0.1, 0.15) is 0 Å². The zero-order valence-corrected chi connectivity index (χ0v) is 13.7. The Kier molecular flexibility index (Phi) is 4.15. The number of H-pyrrole nitrogens is 1. The fourth-order valence-corrected chi connectivity index (χ4v) is 3.32. The van der Waals surface area contributed by atoms with Gasteiger partial charge in [0.05, 0.1) is 6.20 Å². The number of aliphatic carboxylic acids is 1. The molecular weight excluding hydrogens is 266 g/mol. The van der Waals surface area contributed by atoms with E-state index in [1.165, 1.54) is 11.3 Å². The quantitative estimate of drug-likeness (QED) is 0.895. The Hall–Kier alpha value is -1.36. The van der Waals surface area contributed by atoms with Crippen molar-refractivity contribution in [3.63, 3.8) is 0 Å². The summed E-state index contributed by atoms with van der Waals surface area (Å²) in [5.41, 5.74) is 2.47. The second-order valence-electron chi connectivity index (χ2n) is 7.97. The lowest BCUT2D eigenvalue weighted by Gasteiger charge is -2.24. The number of aromatic amines is 1. The molecule has 0 aromatic carbocycles. The minimum absolute atomic E-state index is 0.0432. The molecular formula is C16H27N3O2. The molecule has 0 spiro atoms. The van der Waals surface area contributed by atoms with Gasteiger partial charge in [-0.3, -0.25) is 14.8 Å². The van der Waals surface area contributed by atoms with Crippen LogP contribution in [0.1, 0.15) is 52.3 Å². The van der Waals surface area contributed by atoms with Gasteiger partial charge in [0, 0.05) is 42.7 Å². The number of nitrogens with one attached hydrogen (secondary N) is 1. The van der Waals surface area contributed by atoms with Crippen molar-refractivity contribution in [2.45, 2.75) is 53.0 Å². The summed E-state index contributed by atoms with van der Waals surface area (Å²) in [6.07, 6.45) is 2.15. The van der Waals surface area contributed by atoms with E-state index in [1.807, 2.05) is 6.20 Å². The molecule has 0 bridgehead atoms. The van der Waals surface area contributed by atoms with Gasteiger partial charge in [0.15, 0.2) is 0 Å². The SMILES string of the molecule is CC(C)(C)c1[nH]ncc1CN1CC(CC(=O)O)C(C)(C)C1. The first-order valence-corrected chi connectivity index (χ1v) is 7.56. The van der Waals surface area contributed by atoms with Crippen LogP contribution in [0.2, 0.25) is 0 Å². The second-order valence-corrected chi connectivity index (χ2v) is 7.97. The van der Waals surface area contributed by atoms with Crippen LogP contribution in [0.25, 0.3) is 0 Å². The summed E-state index contributed by atoms with van der Waals surface area (Å²) in [6.45, 7) is 13.5. The lowest BCUT2D eigenvalue weighted by Crippen LogP contribution is -2.25. The second kappa shape index (κ2) is 5.44. The molecule has 1 fully saturated rings. The Morgan fingerprint density at radius 2 is 2.19 bits per heavy atom. The molecule has 2 rings (SSSR count). The van der Waals surface area contributed by atoms with Crippen LogP contribution in [0, 0.1) is 11.3 Å². The normalized spacial score (nSPS) is 22.6. The standard InChI is InChI=1S/C16H27N3O2/c1-15(2,3)14-11(7-17-18-14)8-19-9-12(6-13(20)21)16(4,5)10-19/h7,12H,6,8-10H2,1-5H3,(H,17,18)(H,20,21). The number of hydrogen-bond acceptors (Lipinski definition) is 3. The smallest absolute Gasteiger partial charge is 0.303 e. The molecule has 1 aromatic heterocycles. The van der Waals surface area contributed by atoms with Crippen molar-refractivity contribution < 1.29 is 9.90 Å². The molecule has 1 saturated heterocycles. The highest BCUT2D eigenvalue weighted by molar-refractivity contribution is 5.67. The Morgan fingerprint density at radius 1 is 1.52 bits per heavy atom. The van der Waals surface area contributed by atoms with Crippen molar-refractivity contribution in [2.24, 2.45) is 11.3 Å². The van der Waals surface area contributed by atoms with E-state index in [0.29, 0.717) is 0 Å². The number of carboxylic acid groups (broad SMARTS) is 1. The van der Waals surface area contributed by atoms with Crippen LogP contribution in [0.3, 0.4) is 0 Å². The number of carbonyl (C=O) groups is 1. The molecule has 1 aromatic rings. The van der Waals surface area contributed by atoms with E-state index in [-0.39, 0.29) is 23.2 Å². The Labute approximate surface area is 126 Å². The molecule has 0 amide bonds. The summed E-state index contributed by atoms with van der Waals surface area (Å²) in [4.78, 5) is 13.4. The zero-order chi connectivity index (χ0) is 15.8. The summed E-state index contributed by atoms with van der Waals surface area (Å²) in [5.74, 6) is -0.492. The number of hydrogen-bond donors (Lipinski definition) is 2. The summed E-state index contributed by atoms with van der Waals surface area (Å²) in [6, 6.07) is 0. The van der Waals surface area contributed by atoms with Crippen LogP contribution < -0.4 is 0 Å². The maximum Gasteiger partial charge on any atom is 0.303 e. The first-order chi connectivity index (χ1) is 9.59. The van der Waals surface area contributed by atoms with Gasteiger partial charge < -0.3 is 5.11 Å². The van der Waals surface area contributed by atoms with Crippen molar-refractivity contribution >= 4 is 5.97 Å². The minimum atomic E-state index is -0.700. The van der Waals surface area contributed by atoms with E-state index in [2.05, 4.69) is 49.7 Å². The molecule has 1 aliphatic heterocycles. The molecule has 1 aliphatic rings. The van der Waals surface area contributed by atoms with Gasteiger partial charge in [0.2, 0.25) is 0 Å². The molecule has 5 nitrogen and oxygen atoms in total. The highest BCUT2D eigenvalue weighted by atomic mass is 16.4. The van der Waals surface area contributed by atoms with E-state index >= 15 is 0 Å². The van der Waals surface area contributed by atoms with Gasteiger partial charge in [-0.2, -0.15) is 5.10 Å². The molecule has 0 radical (unpaired) electrons. The molecule has 118 valence electrons. The maximum absolute atomic E-state index is 11.0. The molecule has 5 heteroatoms. The molecule has 2 N–H and O–H groups in total. The number of carboxylic acids is 1. The maximum atomic E-state index is 11.0. The monoisotopic (exact) mass is 293 g/mol. The molecule has 2 heterocycles. The van der Waals surface area contributed by atoms with Gasteiger partial charge in [0.25, 0.3) is 0 Å². The van der Waals surface area contributed by atoms with Crippen LogP contribution in [-0.4, -0.2) is 39.3 Å². The van der Waals surface area contributed by atoms with E-state index in [1.54, 1.807) is 0 Å². The molecule has 21 heavy (non-hydrogen) atoms. The van der Waals surface area contributed by atoms with Crippen molar-refractivity contribution in [1.29, 1.82) is 0 Å². The van der Waals surface area contributed by atoms with Crippen LogP contribution in [0.15, 0.2) is 6.20 Å². The fourth-order valence-electron chi connectivity index (χ4n) is 3.32. The Balaban J connectivity index is 2.09. The van der Waals surface area contributed by atoms with E-state index in [0.717, 1.165) is 19.6 Å². The lowest BCUT2D eigenvalue weighted by atomic mass is 9.80. The van der Waals surface area contributed by atoms with Crippen molar-refractivity contribution in [2.75, 3.05) is 13.1 Å². The summed E-state index contributed by atoms with van der Waals surface area (Å²) < 4.78 is 0. The van der Waals surface area contributed by atoms with Gasteiger partial charge >= 0.3 is 5.97 Å². The number of likely N-dealkylation sites (tertiary alicyclic amines) is 1. The first-order valence-electron chi connectivity index (χ1n) is 7.56. The number of nitrogens with zero attached hydrogens (tertiary/aromatic N) is 2. The van der Waals surface area contributed by atoms with Gasteiger partial charge in [-0.05, 0) is 11.3 Å². The third kappa shape index (κ3) is 3.64. The molecule has 1 atom stereocenters. The van der Waals surface area contributed by atoms with E-state index in [9.17, 15) is 4.79 Å². The van der Waals surface area contributed by atoms with Gasteiger partial charge in [-0.1, -0.05) is 34.6 Å². The molecule has 0 aliphatic carbocycles. The third-order valence-electron chi connectivity index (χ3n) is 4.50. The van der Waals surface area contributed by atoms with Gasteiger partial charge in [-0.15, -0.1) is 0 Å². The number of aromatic nitrogens is 2. The van der Waals surface area contributed by atoms with Crippen LogP contribution in [0.5, 0.6) is 0 Å².